The van der Waals surface area contributed by atoms with E-state index in [1.54, 1.807) is 17.0 Å². The summed E-state index contributed by atoms with van der Waals surface area (Å²) in [5, 5.41) is 13.3. The molecule has 2 atom stereocenters. The highest BCUT2D eigenvalue weighted by Gasteiger charge is 2.31. The van der Waals surface area contributed by atoms with Crippen molar-refractivity contribution in [1.82, 2.24) is 10.2 Å². The number of nitrogens with one attached hydrogen (secondary N) is 1. The minimum absolute atomic E-state index is 0.0267. The lowest BCUT2D eigenvalue weighted by Crippen LogP contribution is -2.55. The molecule has 0 spiro atoms. The Balaban J connectivity index is 1.45. The number of rotatable bonds is 5. The number of hydrogen-bond donors (Lipinski definition) is 2. The van der Waals surface area contributed by atoms with Crippen molar-refractivity contribution in [3.63, 3.8) is 0 Å². The van der Waals surface area contributed by atoms with E-state index in [9.17, 15) is 14.7 Å². The van der Waals surface area contributed by atoms with Crippen LogP contribution in [-0.2, 0) is 4.79 Å². The second kappa shape index (κ2) is 8.48. The summed E-state index contributed by atoms with van der Waals surface area (Å²) in [5.74, 6) is 0.658. The molecule has 1 aromatic carbocycles. The van der Waals surface area contributed by atoms with Crippen molar-refractivity contribution in [2.24, 2.45) is 5.92 Å². The molecule has 2 aliphatic rings. The van der Waals surface area contributed by atoms with Crippen LogP contribution in [0.4, 0.5) is 0 Å². The van der Waals surface area contributed by atoms with Crippen LogP contribution in [0.3, 0.4) is 0 Å². The first-order valence-electron chi connectivity index (χ1n) is 9.45. The summed E-state index contributed by atoms with van der Waals surface area (Å²) in [7, 11) is 0. The Hall–Kier alpha value is -1.88. The Morgan fingerprint density at radius 3 is 2.52 bits per heavy atom. The highest BCUT2D eigenvalue weighted by Crippen LogP contribution is 2.28. The normalized spacial score (nSPS) is 24.3. The van der Waals surface area contributed by atoms with Crippen LogP contribution in [0.2, 0.25) is 0 Å². The van der Waals surface area contributed by atoms with Gasteiger partial charge in [-0.15, -0.1) is 0 Å². The van der Waals surface area contributed by atoms with Crippen LogP contribution in [0.25, 0.3) is 0 Å². The number of piperidine rings is 1. The average molecular weight is 344 g/mol. The predicted molar refractivity (Wildman–Crippen MR) is 96.1 cm³/mol. The fourth-order valence-corrected chi connectivity index (χ4v) is 3.96. The zero-order chi connectivity index (χ0) is 17.6. The van der Waals surface area contributed by atoms with Crippen LogP contribution in [0.5, 0.6) is 0 Å². The van der Waals surface area contributed by atoms with E-state index in [1.807, 2.05) is 18.2 Å². The number of benzene rings is 1. The first kappa shape index (κ1) is 17.9. The summed E-state index contributed by atoms with van der Waals surface area (Å²) in [5.41, 5.74) is 0.633. The first-order valence-corrected chi connectivity index (χ1v) is 9.45. The van der Waals surface area contributed by atoms with Crippen molar-refractivity contribution in [2.45, 2.75) is 57.1 Å². The molecule has 0 unspecified atom stereocenters. The van der Waals surface area contributed by atoms with Gasteiger partial charge >= 0.3 is 0 Å². The van der Waals surface area contributed by atoms with Crippen molar-refractivity contribution < 1.29 is 14.7 Å². The molecular formula is C20H28N2O3. The van der Waals surface area contributed by atoms with Crippen LogP contribution in [0.1, 0.15) is 55.3 Å². The van der Waals surface area contributed by atoms with E-state index in [0.717, 1.165) is 6.42 Å². The molecular weight excluding hydrogens is 316 g/mol. The van der Waals surface area contributed by atoms with Gasteiger partial charge in [-0.05, 0) is 30.9 Å². The van der Waals surface area contributed by atoms with Crippen LogP contribution < -0.4 is 5.32 Å². The summed E-state index contributed by atoms with van der Waals surface area (Å²) in [4.78, 5) is 26.3. The summed E-state index contributed by atoms with van der Waals surface area (Å²) < 4.78 is 0. The number of likely N-dealkylation sites (tertiary alicyclic amines) is 1. The van der Waals surface area contributed by atoms with Gasteiger partial charge in [-0.3, -0.25) is 9.59 Å². The number of aliphatic hydroxyl groups is 1. The minimum atomic E-state index is -0.711. The van der Waals surface area contributed by atoms with Gasteiger partial charge in [0.1, 0.15) is 0 Å². The number of aliphatic hydroxyl groups excluding tert-OH is 1. The van der Waals surface area contributed by atoms with Crippen molar-refractivity contribution in [2.75, 3.05) is 13.1 Å². The molecule has 0 bridgehead atoms. The number of β-amino-alcohol motifs (C(OH)–C–C–N with tert-alkyl or cyclic N) is 1. The number of hydrogen-bond acceptors (Lipinski definition) is 3. The second-order valence-corrected chi connectivity index (χ2v) is 7.34. The van der Waals surface area contributed by atoms with Gasteiger partial charge in [-0.2, -0.15) is 0 Å². The molecule has 0 aromatic heterocycles. The topological polar surface area (TPSA) is 69.6 Å². The smallest absolute Gasteiger partial charge is 0.253 e. The Morgan fingerprint density at radius 1 is 1.12 bits per heavy atom. The maximum Gasteiger partial charge on any atom is 0.253 e. The largest absolute Gasteiger partial charge is 0.389 e. The maximum atomic E-state index is 12.5. The van der Waals surface area contributed by atoms with E-state index in [1.165, 1.54) is 25.7 Å². The Labute approximate surface area is 149 Å². The summed E-state index contributed by atoms with van der Waals surface area (Å²) in [6, 6.07) is 8.86. The molecule has 136 valence electrons. The van der Waals surface area contributed by atoms with Crippen molar-refractivity contribution >= 4 is 11.8 Å². The first-order chi connectivity index (χ1) is 12.1. The lowest BCUT2D eigenvalue weighted by molar-refractivity contribution is -0.123. The summed E-state index contributed by atoms with van der Waals surface area (Å²) in [6.45, 7) is 0.819. The van der Waals surface area contributed by atoms with Crippen LogP contribution in [0, 0.1) is 5.92 Å². The molecule has 0 radical (unpaired) electrons. The van der Waals surface area contributed by atoms with Gasteiger partial charge in [0.15, 0.2) is 0 Å². The lowest BCUT2D eigenvalue weighted by atomic mass is 9.99. The fraction of sp³-hybridized carbons (Fsp3) is 0.600. The van der Waals surface area contributed by atoms with Gasteiger partial charge in [0.05, 0.1) is 12.1 Å². The van der Waals surface area contributed by atoms with Gasteiger partial charge in [0, 0.05) is 25.1 Å². The Morgan fingerprint density at radius 2 is 1.84 bits per heavy atom. The highest BCUT2D eigenvalue weighted by atomic mass is 16.3. The molecule has 1 heterocycles. The third kappa shape index (κ3) is 4.82. The van der Waals surface area contributed by atoms with Gasteiger partial charge in [0.2, 0.25) is 5.91 Å². The number of nitrogens with zero attached hydrogens (tertiary/aromatic N) is 1. The quantitative estimate of drug-likeness (QED) is 0.861. The van der Waals surface area contributed by atoms with Crippen LogP contribution in [0.15, 0.2) is 30.3 Å². The Kier molecular flexibility index (Phi) is 6.08. The average Bonchev–Trinajstić information content (AvgIpc) is 3.15. The standard InChI is InChI=1S/C20H28N2O3/c23-18-14-22(20(25)16-8-2-1-3-9-16)13-12-17(18)21-19(24)11-10-15-6-4-5-7-15/h1-3,8-9,15,17-18,23H,4-7,10-14H2,(H,21,24)/t17-,18-/m1/s1. The van der Waals surface area contributed by atoms with E-state index in [0.29, 0.717) is 30.9 Å². The monoisotopic (exact) mass is 344 g/mol. The molecule has 1 aromatic rings. The fourth-order valence-electron chi connectivity index (χ4n) is 3.96. The molecule has 5 heteroatoms. The molecule has 1 saturated heterocycles. The molecule has 2 fully saturated rings. The second-order valence-electron chi connectivity index (χ2n) is 7.34. The molecule has 2 N–H and O–H groups in total. The molecule has 1 aliphatic carbocycles. The summed E-state index contributed by atoms with van der Waals surface area (Å²) in [6.07, 6.45) is 6.45. The van der Waals surface area contributed by atoms with Gasteiger partial charge in [-0.1, -0.05) is 43.9 Å². The van der Waals surface area contributed by atoms with E-state index >= 15 is 0 Å². The van der Waals surface area contributed by atoms with Crippen LogP contribution >= 0.6 is 0 Å². The maximum absolute atomic E-state index is 12.5. The van der Waals surface area contributed by atoms with E-state index in [-0.39, 0.29) is 24.4 Å². The molecule has 1 saturated carbocycles. The predicted octanol–water partition coefficient (Wildman–Crippen LogP) is 2.35. The molecule has 3 rings (SSSR count). The Bertz CT molecular complexity index is 584. The molecule has 1 aliphatic heterocycles. The highest BCUT2D eigenvalue weighted by molar-refractivity contribution is 5.94. The van der Waals surface area contributed by atoms with Crippen molar-refractivity contribution in [3.8, 4) is 0 Å². The van der Waals surface area contributed by atoms with Crippen molar-refractivity contribution in [3.05, 3.63) is 35.9 Å². The molecule has 2 amide bonds. The number of carbonyl (C=O) groups is 2. The van der Waals surface area contributed by atoms with E-state index in [2.05, 4.69) is 5.32 Å². The lowest BCUT2D eigenvalue weighted by Gasteiger charge is -2.36. The zero-order valence-corrected chi connectivity index (χ0v) is 14.7. The van der Waals surface area contributed by atoms with Gasteiger partial charge < -0.3 is 15.3 Å². The number of carbonyl (C=O) groups excluding carboxylic acids is 2. The molecule has 25 heavy (non-hydrogen) atoms. The third-order valence-electron chi connectivity index (χ3n) is 5.49. The SMILES string of the molecule is O=C(CCC1CCCC1)N[C@@H]1CCN(C(=O)c2ccccc2)C[C@H]1O. The van der Waals surface area contributed by atoms with Crippen LogP contribution in [-0.4, -0.2) is 47.1 Å². The van der Waals surface area contributed by atoms with Gasteiger partial charge in [-0.25, -0.2) is 0 Å². The van der Waals surface area contributed by atoms with E-state index in [4.69, 9.17) is 0 Å². The zero-order valence-electron chi connectivity index (χ0n) is 14.7. The summed E-state index contributed by atoms with van der Waals surface area (Å²) >= 11 is 0. The van der Waals surface area contributed by atoms with E-state index < -0.39 is 6.10 Å². The minimum Gasteiger partial charge on any atom is -0.389 e. The number of amides is 2. The van der Waals surface area contributed by atoms with Gasteiger partial charge in [0.25, 0.3) is 5.91 Å². The molecule has 5 nitrogen and oxygen atoms in total. The van der Waals surface area contributed by atoms with Crippen molar-refractivity contribution in [1.29, 1.82) is 0 Å². The third-order valence-corrected chi connectivity index (χ3v) is 5.49.